The molecule has 3 aromatic rings. The molecule has 4 rings (SSSR count). The van der Waals surface area contributed by atoms with Crippen molar-refractivity contribution in [2.24, 2.45) is 7.05 Å². The van der Waals surface area contributed by atoms with Gasteiger partial charge >= 0.3 is 0 Å². The molecular formula is C22H24FN5O2. The highest BCUT2D eigenvalue weighted by Crippen LogP contribution is 2.27. The van der Waals surface area contributed by atoms with Crippen LogP contribution in [0.5, 0.6) is 5.75 Å². The fraction of sp³-hybridized carbons (Fsp3) is 0.318. The molecule has 0 saturated carbocycles. The highest BCUT2D eigenvalue weighted by atomic mass is 19.1. The first-order valence-electron chi connectivity index (χ1n) is 9.89. The predicted octanol–water partition coefficient (Wildman–Crippen LogP) is 3.07. The quantitative estimate of drug-likeness (QED) is 0.698. The summed E-state index contributed by atoms with van der Waals surface area (Å²) in [5.74, 6) is 0.865. The van der Waals surface area contributed by atoms with Gasteiger partial charge in [0.05, 0.1) is 24.7 Å². The molecule has 1 aromatic carbocycles. The monoisotopic (exact) mass is 409 g/mol. The summed E-state index contributed by atoms with van der Waals surface area (Å²) in [5, 5.41) is 3.55. The molecule has 1 fully saturated rings. The number of methoxy groups -OCH3 is 1. The third-order valence-electron chi connectivity index (χ3n) is 5.40. The van der Waals surface area contributed by atoms with Gasteiger partial charge in [-0.25, -0.2) is 9.37 Å². The summed E-state index contributed by atoms with van der Waals surface area (Å²) in [6.45, 7) is 1.46. The first-order chi connectivity index (χ1) is 14.6. The molecule has 1 saturated heterocycles. The van der Waals surface area contributed by atoms with Gasteiger partial charge in [0, 0.05) is 44.0 Å². The number of rotatable bonds is 5. The molecule has 0 unspecified atom stereocenters. The zero-order valence-electron chi connectivity index (χ0n) is 17.0. The van der Waals surface area contributed by atoms with Crippen molar-refractivity contribution in [2.45, 2.75) is 18.9 Å². The van der Waals surface area contributed by atoms with E-state index in [2.05, 4.69) is 20.2 Å². The van der Waals surface area contributed by atoms with E-state index < -0.39 is 5.82 Å². The molecule has 1 N–H and O–H groups in total. The van der Waals surface area contributed by atoms with Gasteiger partial charge < -0.3 is 15.0 Å². The molecule has 0 spiro atoms. The first kappa shape index (κ1) is 19.9. The number of hydrogen-bond donors (Lipinski definition) is 1. The molecule has 156 valence electrons. The van der Waals surface area contributed by atoms with Gasteiger partial charge in [-0.2, -0.15) is 0 Å². The van der Waals surface area contributed by atoms with Gasteiger partial charge in [-0.05, 0) is 31.0 Å². The molecule has 3 heterocycles. The Kier molecular flexibility index (Phi) is 5.65. The minimum absolute atomic E-state index is 0.222. The molecular weight excluding hydrogens is 385 g/mol. The molecule has 0 aliphatic carbocycles. The summed E-state index contributed by atoms with van der Waals surface area (Å²) in [6, 6.07) is 11.0. The van der Waals surface area contributed by atoms with Gasteiger partial charge in [-0.15, -0.1) is 0 Å². The fourth-order valence-electron chi connectivity index (χ4n) is 3.74. The second-order valence-electron chi connectivity index (χ2n) is 7.30. The van der Waals surface area contributed by atoms with Gasteiger partial charge in [0.2, 0.25) is 5.95 Å². The van der Waals surface area contributed by atoms with Crippen molar-refractivity contribution in [1.29, 1.82) is 0 Å². The highest BCUT2D eigenvalue weighted by Gasteiger charge is 2.23. The lowest BCUT2D eigenvalue weighted by atomic mass is 10.0. The Balaban J connectivity index is 1.52. The average molecular weight is 409 g/mol. The maximum Gasteiger partial charge on any atom is 0.255 e. The van der Waals surface area contributed by atoms with Gasteiger partial charge in [-0.3, -0.25) is 14.3 Å². The standard InChI is InChI=1S/C22H24FN5O2/c1-27-21(29)13-19(16-7-10-24-14-17(16)23)26-22(27)28-11-8-15(9-12-28)25-18-5-3-4-6-20(18)30-2/h3-7,10,13-15,25H,8-9,11-12H2,1-2H3. The van der Waals surface area contributed by atoms with Crippen LogP contribution in [-0.4, -0.2) is 40.8 Å². The van der Waals surface area contributed by atoms with E-state index >= 15 is 0 Å². The van der Waals surface area contributed by atoms with Crippen LogP contribution < -0.4 is 20.5 Å². The molecule has 2 aromatic heterocycles. The molecule has 7 nitrogen and oxygen atoms in total. The summed E-state index contributed by atoms with van der Waals surface area (Å²) < 4.78 is 21.1. The van der Waals surface area contributed by atoms with Crippen molar-refractivity contribution in [3.05, 3.63) is 65.0 Å². The van der Waals surface area contributed by atoms with E-state index in [1.54, 1.807) is 14.2 Å². The summed E-state index contributed by atoms with van der Waals surface area (Å²) in [5.41, 5.74) is 1.35. The number of para-hydroxylation sites is 2. The number of aromatic nitrogens is 3. The number of halogens is 1. The van der Waals surface area contributed by atoms with Crippen LogP contribution in [0.2, 0.25) is 0 Å². The van der Waals surface area contributed by atoms with Crippen LogP contribution in [-0.2, 0) is 7.05 Å². The Morgan fingerprint density at radius 3 is 2.70 bits per heavy atom. The Morgan fingerprint density at radius 2 is 1.97 bits per heavy atom. The SMILES string of the molecule is COc1ccccc1NC1CCN(c2nc(-c3ccncc3F)cc(=O)n2C)CC1. The molecule has 30 heavy (non-hydrogen) atoms. The normalized spacial score (nSPS) is 14.6. The second kappa shape index (κ2) is 8.52. The smallest absolute Gasteiger partial charge is 0.255 e. The van der Waals surface area contributed by atoms with Crippen molar-refractivity contribution in [2.75, 3.05) is 30.4 Å². The van der Waals surface area contributed by atoms with E-state index in [1.165, 1.54) is 22.9 Å². The van der Waals surface area contributed by atoms with E-state index in [4.69, 9.17) is 4.74 Å². The Hall–Kier alpha value is -3.42. The number of benzene rings is 1. The second-order valence-corrected chi connectivity index (χ2v) is 7.30. The maximum atomic E-state index is 14.2. The number of ether oxygens (including phenoxy) is 1. The summed E-state index contributed by atoms with van der Waals surface area (Å²) >= 11 is 0. The molecule has 8 heteroatoms. The van der Waals surface area contributed by atoms with Crippen molar-refractivity contribution < 1.29 is 9.13 Å². The predicted molar refractivity (Wildman–Crippen MR) is 115 cm³/mol. The average Bonchev–Trinajstić information content (AvgIpc) is 2.77. The topological polar surface area (TPSA) is 72.3 Å². The van der Waals surface area contributed by atoms with E-state index in [0.717, 1.165) is 43.6 Å². The number of nitrogens with zero attached hydrogens (tertiary/aromatic N) is 4. The van der Waals surface area contributed by atoms with Crippen LogP contribution in [0.4, 0.5) is 16.0 Å². The maximum absolute atomic E-state index is 14.2. The van der Waals surface area contributed by atoms with Crippen LogP contribution >= 0.6 is 0 Å². The zero-order chi connectivity index (χ0) is 21.1. The Morgan fingerprint density at radius 1 is 1.20 bits per heavy atom. The lowest BCUT2D eigenvalue weighted by Gasteiger charge is -2.34. The lowest BCUT2D eigenvalue weighted by Crippen LogP contribution is -2.42. The Bertz CT molecular complexity index is 1090. The van der Waals surface area contributed by atoms with E-state index in [0.29, 0.717) is 11.6 Å². The van der Waals surface area contributed by atoms with Gasteiger partial charge in [0.25, 0.3) is 5.56 Å². The van der Waals surface area contributed by atoms with Crippen LogP contribution in [0.1, 0.15) is 12.8 Å². The van der Waals surface area contributed by atoms with E-state index in [-0.39, 0.29) is 17.2 Å². The minimum Gasteiger partial charge on any atom is -0.495 e. The number of anilines is 2. The van der Waals surface area contributed by atoms with Crippen LogP contribution in [0, 0.1) is 5.82 Å². The van der Waals surface area contributed by atoms with Gasteiger partial charge in [-0.1, -0.05) is 12.1 Å². The molecule has 1 aliphatic rings. The van der Waals surface area contributed by atoms with Crippen molar-refractivity contribution in [3.8, 4) is 17.0 Å². The first-order valence-corrected chi connectivity index (χ1v) is 9.89. The number of hydrogen-bond acceptors (Lipinski definition) is 6. The van der Waals surface area contributed by atoms with Crippen molar-refractivity contribution in [1.82, 2.24) is 14.5 Å². The molecule has 0 radical (unpaired) electrons. The van der Waals surface area contributed by atoms with E-state index in [9.17, 15) is 9.18 Å². The molecule has 1 aliphatic heterocycles. The van der Waals surface area contributed by atoms with Crippen LogP contribution in [0.3, 0.4) is 0 Å². The van der Waals surface area contributed by atoms with Crippen LogP contribution in [0.15, 0.2) is 53.6 Å². The fourth-order valence-corrected chi connectivity index (χ4v) is 3.74. The lowest BCUT2D eigenvalue weighted by molar-refractivity contribution is 0.415. The number of piperidine rings is 1. The number of pyridine rings is 1. The Labute approximate surface area is 174 Å². The van der Waals surface area contributed by atoms with Crippen molar-refractivity contribution in [3.63, 3.8) is 0 Å². The molecule has 0 atom stereocenters. The third-order valence-corrected chi connectivity index (χ3v) is 5.40. The molecule has 0 bridgehead atoms. The summed E-state index contributed by atoms with van der Waals surface area (Å²) in [6.07, 6.45) is 4.37. The molecule has 0 amide bonds. The zero-order valence-corrected chi connectivity index (χ0v) is 17.0. The van der Waals surface area contributed by atoms with E-state index in [1.807, 2.05) is 24.3 Å². The van der Waals surface area contributed by atoms with Crippen molar-refractivity contribution >= 4 is 11.6 Å². The van der Waals surface area contributed by atoms with Crippen LogP contribution in [0.25, 0.3) is 11.3 Å². The summed E-state index contributed by atoms with van der Waals surface area (Å²) in [7, 11) is 3.35. The van der Waals surface area contributed by atoms with Gasteiger partial charge in [0.1, 0.15) is 5.75 Å². The van der Waals surface area contributed by atoms with Gasteiger partial charge in [0.15, 0.2) is 5.82 Å². The third kappa shape index (κ3) is 3.98. The summed E-state index contributed by atoms with van der Waals surface area (Å²) in [4.78, 5) is 22.9. The largest absolute Gasteiger partial charge is 0.495 e. The minimum atomic E-state index is -0.496. The highest BCUT2D eigenvalue weighted by molar-refractivity contribution is 5.60. The number of nitrogens with one attached hydrogen (secondary N) is 1.